The van der Waals surface area contributed by atoms with Crippen molar-refractivity contribution in [3.63, 3.8) is 0 Å². The lowest BCUT2D eigenvalue weighted by molar-refractivity contribution is 0.0699. The minimum Gasteiger partial charge on any atom is -0.497 e. The number of nitrogens with one attached hydrogen (secondary N) is 1. The quantitative estimate of drug-likeness (QED) is 0.499. The van der Waals surface area contributed by atoms with Crippen LogP contribution in [0, 0.1) is 0 Å². The molecule has 0 aliphatic carbocycles. The number of ether oxygens (including phenoxy) is 3. The molecule has 0 spiro atoms. The van der Waals surface area contributed by atoms with E-state index < -0.39 is 5.97 Å². The third kappa shape index (κ3) is 3.28. The second-order valence-corrected chi connectivity index (χ2v) is 6.41. The van der Waals surface area contributed by atoms with Crippen LogP contribution in [-0.2, 0) is 0 Å². The molecule has 4 rings (SSSR count). The fourth-order valence-corrected chi connectivity index (χ4v) is 3.27. The zero-order valence-electron chi connectivity index (χ0n) is 16.6. The zero-order valence-corrected chi connectivity index (χ0v) is 16.6. The molecule has 0 aliphatic rings. The topological polar surface area (TPSA) is 107 Å². The number of methoxy groups -OCH3 is 3. The summed E-state index contributed by atoms with van der Waals surface area (Å²) in [7, 11) is 4.65. The number of H-pyrrole nitrogens is 1. The number of benzene rings is 2. The highest BCUT2D eigenvalue weighted by atomic mass is 16.5. The third-order valence-electron chi connectivity index (χ3n) is 4.73. The van der Waals surface area contributed by atoms with E-state index in [0.29, 0.717) is 45.5 Å². The van der Waals surface area contributed by atoms with Crippen molar-refractivity contribution in [3.8, 4) is 39.9 Å². The Morgan fingerprint density at radius 1 is 0.967 bits per heavy atom. The van der Waals surface area contributed by atoms with Gasteiger partial charge in [0.25, 0.3) is 0 Å². The molecule has 0 atom stereocenters. The average molecular weight is 405 g/mol. The van der Waals surface area contributed by atoms with Gasteiger partial charge in [0.15, 0.2) is 17.1 Å². The van der Waals surface area contributed by atoms with Crippen LogP contribution in [0.25, 0.3) is 33.8 Å². The molecule has 8 nitrogen and oxygen atoms in total. The molecular formula is C22H19N3O5. The number of fused-ring (bicyclic) bond motifs is 1. The SMILES string of the molecule is COc1ccc(-c2nc3nc(-c4cccc(OC)c4OC)cc(C(=O)O)c3[nH]2)cc1. The Morgan fingerprint density at radius 3 is 2.37 bits per heavy atom. The molecule has 30 heavy (non-hydrogen) atoms. The van der Waals surface area contributed by atoms with E-state index in [2.05, 4.69) is 15.0 Å². The Balaban J connectivity index is 1.91. The Kier molecular flexibility index (Phi) is 4.97. The molecule has 0 radical (unpaired) electrons. The van der Waals surface area contributed by atoms with E-state index in [1.807, 2.05) is 12.1 Å². The molecule has 0 amide bonds. The Morgan fingerprint density at radius 2 is 1.73 bits per heavy atom. The van der Waals surface area contributed by atoms with Gasteiger partial charge in [0.1, 0.15) is 11.6 Å². The first-order valence-corrected chi connectivity index (χ1v) is 9.05. The van der Waals surface area contributed by atoms with Crippen LogP contribution < -0.4 is 14.2 Å². The molecule has 0 unspecified atom stereocenters. The minimum absolute atomic E-state index is 0.0622. The van der Waals surface area contributed by atoms with Gasteiger partial charge in [0, 0.05) is 11.1 Å². The van der Waals surface area contributed by atoms with E-state index in [1.165, 1.54) is 20.3 Å². The van der Waals surface area contributed by atoms with Gasteiger partial charge in [-0.05, 0) is 42.5 Å². The first-order valence-electron chi connectivity index (χ1n) is 9.05. The summed E-state index contributed by atoms with van der Waals surface area (Å²) in [5.74, 6) is 1.13. The number of para-hydroxylation sites is 1. The molecule has 8 heteroatoms. The van der Waals surface area contributed by atoms with Crippen LogP contribution in [0.5, 0.6) is 17.2 Å². The van der Waals surface area contributed by atoms with Gasteiger partial charge in [-0.25, -0.2) is 14.8 Å². The highest BCUT2D eigenvalue weighted by molar-refractivity contribution is 6.02. The number of aromatic carboxylic acids is 1. The summed E-state index contributed by atoms with van der Waals surface area (Å²) in [5.41, 5.74) is 2.51. The van der Waals surface area contributed by atoms with Crippen molar-refractivity contribution in [3.05, 3.63) is 54.1 Å². The van der Waals surface area contributed by atoms with E-state index in [4.69, 9.17) is 14.2 Å². The fraction of sp³-hybridized carbons (Fsp3) is 0.136. The molecule has 0 fully saturated rings. The van der Waals surface area contributed by atoms with Crippen molar-refractivity contribution >= 4 is 17.1 Å². The summed E-state index contributed by atoms with van der Waals surface area (Å²) in [6, 6.07) is 14.1. The van der Waals surface area contributed by atoms with Crippen LogP contribution in [0.15, 0.2) is 48.5 Å². The average Bonchev–Trinajstić information content (AvgIpc) is 3.21. The number of imidazole rings is 1. The highest BCUT2D eigenvalue weighted by Gasteiger charge is 2.20. The van der Waals surface area contributed by atoms with E-state index in [0.717, 1.165) is 5.56 Å². The fourth-order valence-electron chi connectivity index (χ4n) is 3.27. The Hall–Kier alpha value is -4.07. The lowest BCUT2D eigenvalue weighted by Crippen LogP contribution is -2.01. The number of carbonyl (C=O) groups is 1. The standard InChI is InChI=1S/C22H19N3O5/c1-28-13-9-7-12(8-10-13)20-24-18-15(22(26)27)11-16(23-21(18)25-20)14-5-4-6-17(29-2)19(14)30-3/h4-11H,1-3H3,(H,26,27)(H,23,24,25). The normalized spacial score (nSPS) is 10.8. The summed E-state index contributed by atoms with van der Waals surface area (Å²) >= 11 is 0. The maximum atomic E-state index is 12.0. The van der Waals surface area contributed by atoms with E-state index in [9.17, 15) is 9.90 Å². The summed E-state index contributed by atoms with van der Waals surface area (Å²) in [5, 5.41) is 9.78. The minimum atomic E-state index is -1.09. The third-order valence-corrected chi connectivity index (χ3v) is 4.73. The predicted octanol–water partition coefficient (Wildman–Crippen LogP) is 4.02. The number of hydrogen-bond acceptors (Lipinski definition) is 6. The number of pyridine rings is 1. The second-order valence-electron chi connectivity index (χ2n) is 6.41. The maximum Gasteiger partial charge on any atom is 0.338 e. The van der Waals surface area contributed by atoms with Crippen LogP contribution in [0.1, 0.15) is 10.4 Å². The van der Waals surface area contributed by atoms with Gasteiger partial charge >= 0.3 is 5.97 Å². The second kappa shape index (κ2) is 7.75. The molecule has 0 aliphatic heterocycles. The first-order chi connectivity index (χ1) is 14.5. The Bertz CT molecular complexity index is 1230. The molecule has 2 aromatic carbocycles. The molecule has 152 valence electrons. The van der Waals surface area contributed by atoms with Crippen molar-refractivity contribution in [2.24, 2.45) is 0 Å². The van der Waals surface area contributed by atoms with Crippen LogP contribution >= 0.6 is 0 Å². The van der Waals surface area contributed by atoms with Gasteiger partial charge in [-0.15, -0.1) is 0 Å². The monoisotopic (exact) mass is 405 g/mol. The van der Waals surface area contributed by atoms with Gasteiger partial charge < -0.3 is 24.3 Å². The van der Waals surface area contributed by atoms with Crippen molar-refractivity contribution in [2.45, 2.75) is 0 Å². The first kappa shape index (κ1) is 19.3. The summed E-state index contributed by atoms with van der Waals surface area (Å²) < 4.78 is 16.0. The van der Waals surface area contributed by atoms with Gasteiger partial charge in [-0.1, -0.05) is 6.07 Å². The Labute approximate surface area is 172 Å². The molecule has 0 saturated carbocycles. The smallest absolute Gasteiger partial charge is 0.338 e. The lowest BCUT2D eigenvalue weighted by Gasteiger charge is -2.12. The number of carboxylic acids is 1. The highest BCUT2D eigenvalue weighted by Crippen LogP contribution is 2.38. The summed E-state index contributed by atoms with van der Waals surface area (Å²) in [4.78, 5) is 24.1. The molecule has 0 bridgehead atoms. The van der Waals surface area contributed by atoms with Crippen molar-refractivity contribution in [2.75, 3.05) is 21.3 Å². The predicted molar refractivity (Wildman–Crippen MR) is 111 cm³/mol. The van der Waals surface area contributed by atoms with Gasteiger partial charge in [-0.3, -0.25) is 0 Å². The summed E-state index contributed by atoms with van der Waals surface area (Å²) in [6.45, 7) is 0. The van der Waals surface area contributed by atoms with Gasteiger partial charge in [-0.2, -0.15) is 0 Å². The van der Waals surface area contributed by atoms with E-state index in [-0.39, 0.29) is 5.56 Å². The number of hydrogen-bond donors (Lipinski definition) is 2. The van der Waals surface area contributed by atoms with E-state index in [1.54, 1.807) is 37.4 Å². The molecule has 4 aromatic rings. The molecule has 2 aromatic heterocycles. The van der Waals surface area contributed by atoms with E-state index >= 15 is 0 Å². The van der Waals surface area contributed by atoms with Gasteiger partial charge in [0.2, 0.25) is 0 Å². The molecule has 2 heterocycles. The van der Waals surface area contributed by atoms with Crippen LogP contribution in [-0.4, -0.2) is 47.4 Å². The zero-order chi connectivity index (χ0) is 21.3. The van der Waals surface area contributed by atoms with Gasteiger partial charge in [0.05, 0.1) is 38.1 Å². The molecule has 0 saturated heterocycles. The number of nitrogens with zero attached hydrogens (tertiary/aromatic N) is 2. The largest absolute Gasteiger partial charge is 0.497 e. The summed E-state index contributed by atoms with van der Waals surface area (Å²) in [6.07, 6.45) is 0. The van der Waals surface area contributed by atoms with Crippen molar-refractivity contribution in [1.82, 2.24) is 15.0 Å². The van der Waals surface area contributed by atoms with Crippen LogP contribution in [0.2, 0.25) is 0 Å². The van der Waals surface area contributed by atoms with Crippen LogP contribution in [0.4, 0.5) is 0 Å². The lowest BCUT2D eigenvalue weighted by atomic mass is 10.1. The number of aromatic nitrogens is 3. The number of aromatic amines is 1. The molecular weight excluding hydrogens is 386 g/mol. The van der Waals surface area contributed by atoms with Crippen molar-refractivity contribution in [1.29, 1.82) is 0 Å². The van der Waals surface area contributed by atoms with Crippen molar-refractivity contribution < 1.29 is 24.1 Å². The maximum absolute atomic E-state index is 12.0. The molecule has 2 N–H and O–H groups in total. The van der Waals surface area contributed by atoms with Crippen LogP contribution in [0.3, 0.4) is 0 Å². The number of carboxylic acid groups (broad SMARTS) is 1. The number of rotatable bonds is 6.